The van der Waals surface area contributed by atoms with Crippen molar-refractivity contribution in [2.24, 2.45) is 0 Å². The summed E-state index contributed by atoms with van der Waals surface area (Å²) in [6.45, 7) is 3.23. The van der Waals surface area contributed by atoms with Gasteiger partial charge < -0.3 is 10.1 Å². The fourth-order valence-corrected chi connectivity index (χ4v) is 1.81. The molecule has 2 heteroatoms. The van der Waals surface area contributed by atoms with Crippen molar-refractivity contribution in [3.05, 3.63) is 0 Å². The molecule has 2 nitrogen and oxygen atoms in total. The van der Waals surface area contributed by atoms with Gasteiger partial charge in [0.25, 0.3) is 0 Å². The van der Waals surface area contributed by atoms with Crippen LogP contribution in [0.3, 0.4) is 0 Å². The van der Waals surface area contributed by atoms with Gasteiger partial charge in [0.15, 0.2) is 0 Å². The summed E-state index contributed by atoms with van der Waals surface area (Å²) in [5.41, 5.74) is 0.278. The van der Waals surface area contributed by atoms with E-state index in [0.717, 1.165) is 19.7 Å². The molecule has 0 aromatic rings. The van der Waals surface area contributed by atoms with Crippen LogP contribution < -0.4 is 5.32 Å². The summed E-state index contributed by atoms with van der Waals surface area (Å²) in [6.07, 6.45) is 3.77. The Morgan fingerprint density at radius 1 is 1.33 bits per heavy atom. The van der Waals surface area contributed by atoms with Crippen LogP contribution in [-0.2, 0) is 4.74 Å². The predicted octanol–water partition coefficient (Wildman–Crippen LogP) is 0.529. The molecule has 0 aromatic heterocycles. The summed E-state index contributed by atoms with van der Waals surface area (Å²) in [6, 6.07) is 0. The maximum atomic E-state index is 5.64. The maximum absolute atomic E-state index is 5.64. The van der Waals surface area contributed by atoms with Gasteiger partial charge >= 0.3 is 0 Å². The van der Waals surface area contributed by atoms with Crippen LogP contribution in [0, 0.1) is 0 Å². The highest BCUT2D eigenvalue weighted by Crippen LogP contribution is 2.30. The Labute approximate surface area is 55.6 Å². The number of hydrogen-bond acceptors (Lipinski definition) is 2. The van der Waals surface area contributed by atoms with Gasteiger partial charge in [0.2, 0.25) is 0 Å². The molecule has 1 N–H and O–H groups in total. The second kappa shape index (κ2) is 1.96. The van der Waals surface area contributed by atoms with Gasteiger partial charge in [-0.15, -0.1) is 0 Å². The van der Waals surface area contributed by atoms with Gasteiger partial charge in [-0.3, -0.25) is 0 Å². The van der Waals surface area contributed by atoms with Crippen LogP contribution >= 0.6 is 0 Å². The van der Waals surface area contributed by atoms with E-state index in [9.17, 15) is 0 Å². The predicted molar refractivity (Wildman–Crippen MR) is 35.4 cm³/mol. The molecule has 2 saturated heterocycles. The fraction of sp³-hybridized carbons (Fsp3) is 1.00. The second-order valence-electron chi connectivity index (χ2n) is 3.06. The van der Waals surface area contributed by atoms with Crippen molar-refractivity contribution in [2.45, 2.75) is 24.9 Å². The molecular weight excluding hydrogens is 114 g/mol. The number of hydrogen-bond donors (Lipinski definition) is 1. The molecule has 9 heavy (non-hydrogen) atoms. The van der Waals surface area contributed by atoms with Crippen molar-refractivity contribution in [1.29, 1.82) is 0 Å². The second-order valence-corrected chi connectivity index (χ2v) is 3.06. The molecule has 2 heterocycles. The van der Waals surface area contributed by atoms with E-state index in [2.05, 4.69) is 5.32 Å². The highest BCUT2D eigenvalue weighted by molar-refractivity contribution is 4.92. The average molecular weight is 127 g/mol. The highest BCUT2D eigenvalue weighted by Gasteiger charge is 2.37. The van der Waals surface area contributed by atoms with Gasteiger partial charge in [-0.05, 0) is 25.8 Å². The van der Waals surface area contributed by atoms with Crippen molar-refractivity contribution in [2.75, 3.05) is 19.7 Å². The lowest BCUT2D eigenvalue weighted by atomic mass is 10.00. The van der Waals surface area contributed by atoms with E-state index in [4.69, 9.17) is 4.74 Å². The Morgan fingerprint density at radius 3 is 2.89 bits per heavy atom. The number of ether oxygens (including phenoxy) is 1. The molecule has 2 aliphatic rings. The highest BCUT2D eigenvalue weighted by atomic mass is 16.5. The summed E-state index contributed by atoms with van der Waals surface area (Å²) in [4.78, 5) is 0. The van der Waals surface area contributed by atoms with E-state index in [1.807, 2.05) is 0 Å². The Morgan fingerprint density at radius 2 is 2.33 bits per heavy atom. The molecule has 0 bridgehead atoms. The summed E-state index contributed by atoms with van der Waals surface area (Å²) >= 11 is 0. The first kappa shape index (κ1) is 5.69. The molecule has 1 spiro atoms. The maximum Gasteiger partial charge on any atom is 0.0819 e. The molecule has 0 amide bonds. The zero-order chi connectivity index (χ0) is 6.16. The zero-order valence-electron chi connectivity index (χ0n) is 5.65. The van der Waals surface area contributed by atoms with Gasteiger partial charge in [-0.25, -0.2) is 0 Å². The van der Waals surface area contributed by atoms with E-state index in [1.54, 1.807) is 0 Å². The Balaban J connectivity index is 2.04. The van der Waals surface area contributed by atoms with E-state index in [0.29, 0.717) is 0 Å². The molecule has 2 aliphatic heterocycles. The van der Waals surface area contributed by atoms with Crippen molar-refractivity contribution < 1.29 is 4.74 Å². The minimum absolute atomic E-state index is 0.278. The van der Waals surface area contributed by atoms with E-state index in [-0.39, 0.29) is 5.60 Å². The fourth-order valence-electron chi connectivity index (χ4n) is 1.81. The van der Waals surface area contributed by atoms with Crippen molar-refractivity contribution in [3.8, 4) is 0 Å². The van der Waals surface area contributed by atoms with Crippen LogP contribution in [0.4, 0.5) is 0 Å². The number of nitrogens with one attached hydrogen (secondary N) is 1. The lowest BCUT2D eigenvalue weighted by Crippen LogP contribution is -2.29. The first-order valence-corrected chi connectivity index (χ1v) is 3.76. The van der Waals surface area contributed by atoms with Crippen LogP contribution in [0.2, 0.25) is 0 Å². The summed E-state index contributed by atoms with van der Waals surface area (Å²) in [7, 11) is 0. The third-order valence-corrected chi connectivity index (χ3v) is 2.39. The van der Waals surface area contributed by atoms with Gasteiger partial charge in [0, 0.05) is 13.2 Å². The van der Waals surface area contributed by atoms with Crippen LogP contribution in [0.25, 0.3) is 0 Å². The molecule has 0 saturated carbocycles. The van der Waals surface area contributed by atoms with Crippen LogP contribution in [-0.4, -0.2) is 25.3 Å². The van der Waals surface area contributed by atoms with Crippen LogP contribution in [0.15, 0.2) is 0 Å². The SMILES string of the molecule is C1CO[C@]2(C1)CCNC2. The third-order valence-electron chi connectivity index (χ3n) is 2.39. The third kappa shape index (κ3) is 0.864. The number of rotatable bonds is 0. The smallest absolute Gasteiger partial charge is 0.0819 e. The molecule has 1 atom stereocenters. The average Bonchev–Trinajstić information content (AvgIpc) is 2.45. The Bertz CT molecular complexity index is 84.0. The normalized spacial score (nSPS) is 42.7. The molecule has 52 valence electrons. The molecule has 0 radical (unpaired) electrons. The van der Waals surface area contributed by atoms with Gasteiger partial charge in [-0.2, -0.15) is 0 Å². The molecular formula is C7H13NO. The lowest BCUT2D eigenvalue weighted by Gasteiger charge is -2.19. The monoisotopic (exact) mass is 127 g/mol. The van der Waals surface area contributed by atoms with Crippen molar-refractivity contribution in [3.63, 3.8) is 0 Å². The summed E-state index contributed by atoms with van der Waals surface area (Å²) < 4.78 is 5.64. The van der Waals surface area contributed by atoms with Crippen molar-refractivity contribution >= 4 is 0 Å². The van der Waals surface area contributed by atoms with Crippen molar-refractivity contribution in [1.82, 2.24) is 5.32 Å². The standard InChI is InChI=1S/C7H13NO/c1-2-7(9-5-1)3-4-8-6-7/h8H,1-6H2/t7-/m1/s1. The largest absolute Gasteiger partial charge is 0.374 e. The first-order valence-electron chi connectivity index (χ1n) is 3.76. The Kier molecular flexibility index (Phi) is 1.24. The zero-order valence-corrected chi connectivity index (χ0v) is 5.65. The summed E-state index contributed by atoms with van der Waals surface area (Å²) in [5.74, 6) is 0. The minimum Gasteiger partial charge on any atom is -0.374 e. The molecule has 0 unspecified atom stereocenters. The minimum atomic E-state index is 0.278. The van der Waals surface area contributed by atoms with Gasteiger partial charge in [0.05, 0.1) is 5.60 Å². The quantitative estimate of drug-likeness (QED) is 0.512. The van der Waals surface area contributed by atoms with E-state index in [1.165, 1.54) is 19.3 Å². The van der Waals surface area contributed by atoms with Crippen LogP contribution in [0.5, 0.6) is 0 Å². The molecule has 0 aromatic carbocycles. The van der Waals surface area contributed by atoms with E-state index < -0.39 is 0 Å². The lowest BCUT2D eigenvalue weighted by molar-refractivity contribution is 0.0217. The Hall–Kier alpha value is -0.0800. The summed E-state index contributed by atoms with van der Waals surface area (Å²) in [5, 5.41) is 3.33. The van der Waals surface area contributed by atoms with Gasteiger partial charge in [-0.1, -0.05) is 0 Å². The molecule has 0 aliphatic carbocycles. The van der Waals surface area contributed by atoms with E-state index >= 15 is 0 Å². The van der Waals surface area contributed by atoms with Crippen LogP contribution in [0.1, 0.15) is 19.3 Å². The topological polar surface area (TPSA) is 21.3 Å². The molecule has 2 fully saturated rings. The van der Waals surface area contributed by atoms with Gasteiger partial charge in [0.1, 0.15) is 0 Å². The first-order chi connectivity index (χ1) is 4.41. The molecule has 2 rings (SSSR count).